The van der Waals surface area contributed by atoms with Gasteiger partial charge in [0.2, 0.25) is 0 Å². The van der Waals surface area contributed by atoms with Crippen molar-refractivity contribution in [2.45, 2.75) is 47.1 Å². The molecule has 1 N–H and O–H groups in total. The lowest BCUT2D eigenvalue weighted by Gasteiger charge is -2.49. The topological polar surface area (TPSA) is 23.5 Å². The number of hydrogen-bond donors (Lipinski definition) is 1. The third-order valence-electron chi connectivity index (χ3n) is 3.88. The van der Waals surface area contributed by atoms with E-state index in [1.807, 2.05) is 20.2 Å². The van der Waals surface area contributed by atoms with Crippen LogP contribution in [0.2, 0.25) is 0 Å². The molecular weight excluding hydrogens is 234 g/mol. The highest BCUT2D eigenvalue weighted by atomic mass is 16.3. The predicted octanol–water partition coefficient (Wildman–Crippen LogP) is 3.75. The molecule has 0 aromatic rings. The summed E-state index contributed by atoms with van der Waals surface area (Å²) in [4.78, 5) is 2.05. The molecule has 2 nitrogen and oxygen atoms in total. The van der Waals surface area contributed by atoms with Gasteiger partial charge >= 0.3 is 0 Å². The first kappa shape index (κ1) is 16.0. The third kappa shape index (κ3) is 2.64. The molecule has 0 aromatic heterocycles. The van der Waals surface area contributed by atoms with E-state index in [1.165, 1.54) is 0 Å². The number of likely N-dealkylation sites (N-methyl/N-ethyl adjacent to an activating group) is 1. The van der Waals surface area contributed by atoms with Gasteiger partial charge in [-0.2, -0.15) is 0 Å². The van der Waals surface area contributed by atoms with Gasteiger partial charge in [-0.25, -0.2) is 0 Å². The molecule has 0 bridgehead atoms. The fraction of sp³-hybridized carbons (Fsp3) is 0.647. The second-order valence-electron chi connectivity index (χ2n) is 7.76. The molecule has 0 heterocycles. The minimum atomic E-state index is -0.995. The van der Waals surface area contributed by atoms with Crippen molar-refractivity contribution in [1.82, 2.24) is 4.90 Å². The van der Waals surface area contributed by atoms with Gasteiger partial charge in [0.15, 0.2) is 0 Å². The van der Waals surface area contributed by atoms with Crippen molar-refractivity contribution < 1.29 is 5.11 Å². The number of hydrogen-bond acceptors (Lipinski definition) is 2. The van der Waals surface area contributed by atoms with Crippen LogP contribution in [0.5, 0.6) is 0 Å². The molecule has 0 saturated heterocycles. The van der Waals surface area contributed by atoms with E-state index in [-0.39, 0.29) is 10.8 Å². The molecule has 2 heteroatoms. The molecule has 1 atom stereocenters. The van der Waals surface area contributed by atoms with Crippen LogP contribution in [0.1, 0.15) is 41.5 Å². The maximum absolute atomic E-state index is 11.3. The first-order valence-electron chi connectivity index (χ1n) is 6.85. The Balaban J connectivity index is 3.53. The van der Waals surface area contributed by atoms with Gasteiger partial charge in [0.05, 0.1) is 0 Å². The van der Waals surface area contributed by atoms with Crippen LogP contribution in [-0.4, -0.2) is 29.7 Å². The zero-order valence-electron chi connectivity index (χ0n) is 13.8. The van der Waals surface area contributed by atoms with E-state index in [0.717, 1.165) is 16.8 Å². The molecule has 0 aromatic carbocycles. The zero-order valence-corrected chi connectivity index (χ0v) is 13.8. The van der Waals surface area contributed by atoms with E-state index in [2.05, 4.69) is 59.1 Å². The van der Waals surface area contributed by atoms with Gasteiger partial charge in [0.1, 0.15) is 5.60 Å². The van der Waals surface area contributed by atoms with Crippen LogP contribution >= 0.6 is 0 Å². The van der Waals surface area contributed by atoms with E-state index < -0.39 is 5.60 Å². The maximum atomic E-state index is 11.3. The smallest absolute Gasteiger partial charge is 0.116 e. The van der Waals surface area contributed by atoms with Crippen LogP contribution in [0.3, 0.4) is 0 Å². The lowest BCUT2D eigenvalue weighted by Crippen LogP contribution is -2.50. The summed E-state index contributed by atoms with van der Waals surface area (Å²) < 4.78 is 0. The van der Waals surface area contributed by atoms with Crippen molar-refractivity contribution in [1.29, 1.82) is 0 Å². The largest absolute Gasteiger partial charge is 0.380 e. The van der Waals surface area contributed by atoms with E-state index >= 15 is 0 Å². The molecule has 1 aliphatic rings. The van der Waals surface area contributed by atoms with Crippen LogP contribution in [0.4, 0.5) is 0 Å². The molecule has 0 radical (unpaired) electrons. The Kier molecular flexibility index (Phi) is 3.81. The minimum Gasteiger partial charge on any atom is -0.380 e. The van der Waals surface area contributed by atoms with Crippen molar-refractivity contribution >= 4 is 0 Å². The molecule has 0 saturated carbocycles. The maximum Gasteiger partial charge on any atom is 0.116 e. The highest BCUT2D eigenvalue weighted by Gasteiger charge is 2.49. The Morgan fingerprint density at radius 3 is 1.84 bits per heavy atom. The van der Waals surface area contributed by atoms with Crippen molar-refractivity contribution in [3.8, 4) is 0 Å². The SMILES string of the molecule is C=C1C=C(N(C)C)C=C(C(C)(C)C)C1(O)C(C)(C)C. The predicted molar refractivity (Wildman–Crippen MR) is 82.9 cm³/mol. The molecule has 1 aliphatic carbocycles. The van der Waals surface area contributed by atoms with E-state index in [0.29, 0.717) is 0 Å². The van der Waals surface area contributed by atoms with Gasteiger partial charge in [-0.1, -0.05) is 48.1 Å². The monoisotopic (exact) mass is 263 g/mol. The average molecular weight is 263 g/mol. The Bertz CT molecular complexity index is 441. The van der Waals surface area contributed by atoms with Gasteiger partial charge in [-0.15, -0.1) is 0 Å². The lowest BCUT2D eigenvalue weighted by atomic mass is 9.60. The summed E-state index contributed by atoms with van der Waals surface area (Å²) in [5, 5.41) is 11.3. The molecule has 19 heavy (non-hydrogen) atoms. The Labute approximate surface area is 118 Å². The highest BCUT2D eigenvalue weighted by Crippen LogP contribution is 2.50. The second kappa shape index (κ2) is 4.52. The van der Waals surface area contributed by atoms with Gasteiger partial charge in [0.25, 0.3) is 0 Å². The number of nitrogens with zero attached hydrogens (tertiary/aromatic N) is 1. The molecule has 0 fully saturated rings. The second-order valence-corrected chi connectivity index (χ2v) is 7.76. The summed E-state index contributed by atoms with van der Waals surface area (Å²) in [7, 11) is 4.02. The molecule has 1 rings (SSSR count). The van der Waals surface area contributed by atoms with Gasteiger partial charge in [-0.05, 0) is 34.1 Å². The number of allylic oxidation sites excluding steroid dienone is 1. The molecule has 0 amide bonds. The molecule has 1 unspecified atom stereocenters. The van der Waals surface area contributed by atoms with E-state index in [9.17, 15) is 5.11 Å². The van der Waals surface area contributed by atoms with Crippen molar-refractivity contribution in [3.05, 3.63) is 35.6 Å². The van der Waals surface area contributed by atoms with E-state index in [4.69, 9.17) is 0 Å². The van der Waals surface area contributed by atoms with Crippen LogP contribution < -0.4 is 0 Å². The normalized spacial score (nSPS) is 25.0. The fourth-order valence-electron chi connectivity index (χ4n) is 2.65. The molecule has 0 aliphatic heterocycles. The molecule has 0 spiro atoms. The molecular formula is C17H29NO. The third-order valence-corrected chi connectivity index (χ3v) is 3.88. The summed E-state index contributed by atoms with van der Waals surface area (Å²) in [6, 6.07) is 0. The van der Waals surface area contributed by atoms with Gasteiger partial charge in [-0.3, -0.25) is 0 Å². The average Bonchev–Trinajstić information content (AvgIpc) is 2.17. The first-order valence-corrected chi connectivity index (χ1v) is 6.85. The number of aliphatic hydroxyl groups is 1. The van der Waals surface area contributed by atoms with Crippen molar-refractivity contribution in [2.24, 2.45) is 10.8 Å². The van der Waals surface area contributed by atoms with Crippen LogP contribution in [-0.2, 0) is 0 Å². The fourth-order valence-corrected chi connectivity index (χ4v) is 2.65. The van der Waals surface area contributed by atoms with E-state index in [1.54, 1.807) is 0 Å². The zero-order chi connectivity index (χ0) is 15.2. The summed E-state index contributed by atoms with van der Waals surface area (Å²) in [5.41, 5.74) is 1.49. The summed E-state index contributed by atoms with van der Waals surface area (Å²) in [5.74, 6) is 0. The van der Waals surface area contributed by atoms with Gasteiger partial charge < -0.3 is 10.0 Å². The van der Waals surface area contributed by atoms with Crippen molar-refractivity contribution in [2.75, 3.05) is 14.1 Å². The Hall–Kier alpha value is -1.02. The quantitative estimate of drug-likeness (QED) is 0.779. The highest BCUT2D eigenvalue weighted by molar-refractivity contribution is 5.51. The summed E-state index contributed by atoms with van der Waals surface area (Å²) in [6.07, 6.45) is 4.10. The Morgan fingerprint density at radius 2 is 1.53 bits per heavy atom. The summed E-state index contributed by atoms with van der Waals surface area (Å²) in [6.45, 7) is 16.7. The van der Waals surface area contributed by atoms with Crippen LogP contribution in [0, 0.1) is 10.8 Å². The summed E-state index contributed by atoms with van der Waals surface area (Å²) >= 11 is 0. The van der Waals surface area contributed by atoms with Crippen molar-refractivity contribution in [3.63, 3.8) is 0 Å². The van der Waals surface area contributed by atoms with Crippen LogP contribution in [0.15, 0.2) is 35.6 Å². The standard InChI is InChI=1S/C17H29NO/c1-12-10-13(18(8)9)11-14(15(2,3)4)17(12,19)16(5,6)7/h10-11,19H,1H2,2-9H3. The first-order chi connectivity index (χ1) is 8.31. The Morgan fingerprint density at radius 1 is 1.05 bits per heavy atom. The van der Waals surface area contributed by atoms with Gasteiger partial charge in [0, 0.05) is 19.8 Å². The minimum absolute atomic E-state index is 0.111. The van der Waals surface area contributed by atoms with Crippen LogP contribution in [0.25, 0.3) is 0 Å². The molecule has 108 valence electrons. The lowest BCUT2D eigenvalue weighted by molar-refractivity contribution is -0.00332. The number of rotatable bonds is 1.